The third-order valence-corrected chi connectivity index (χ3v) is 6.11. The summed E-state index contributed by atoms with van der Waals surface area (Å²) in [7, 11) is 0. The molecule has 0 fully saturated rings. The maximum Gasteiger partial charge on any atom is 0.248 e. The van der Waals surface area contributed by atoms with Crippen molar-refractivity contribution >= 4 is 11.8 Å². The zero-order chi connectivity index (χ0) is 24.4. The molecular formula is C28H32N4O3. The summed E-state index contributed by atoms with van der Waals surface area (Å²) in [5, 5.41) is 8.75. The van der Waals surface area contributed by atoms with Crippen molar-refractivity contribution in [3.05, 3.63) is 59.7 Å². The zero-order valence-corrected chi connectivity index (χ0v) is 20.8. The topological polar surface area (TPSA) is 82.1 Å². The molecule has 0 radical (unpaired) electrons. The van der Waals surface area contributed by atoms with Crippen LogP contribution in [0.3, 0.4) is 0 Å². The van der Waals surface area contributed by atoms with Gasteiger partial charge in [0.05, 0.1) is 23.2 Å². The molecule has 7 nitrogen and oxygen atoms in total. The summed E-state index contributed by atoms with van der Waals surface area (Å²) in [4.78, 5) is 9.63. The Morgan fingerprint density at radius 1 is 0.657 bits per heavy atom. The molecule has 0 amide bonds. The van der Waals surface area contributed by atoms with Gasteiger partial charge in [-0.3, -0.25) is 0 Å². The molecule has 0 aliphatic carbocycles. The van der Waals surface area contributed by atoms with Gasteiger partial charge in [-0.05, 0) is 48.9 Å². The van der Waals surface area contributed by atoms with E-state index in [0.29, 0.717) is 48.6 Å². The summed E-state index contributed by atoms with van der Waals surface area (Å²) < 4.78 is 18.1. The molecular weight excluding hydrogens is 440 g/mol. The fourth-order valence-corrected chi connectivity index (χ4v) is 4.61. The van der Waals surface area contributed by atoms with Crippen LogP contribution in [-0.2, 0) is 9.47 Å². The van der Waals surface area contributed by atoms with Gasteiger partial charge >= 0.3 is 0 Å². The van der Waals surface area contributed by atoms with Crippen LogP contribution in [0.1, 0.15) is 51.7 Å². The highest BCUT2D eigenvalue weighted by atomic mass is 16.5. The summed E-state index contributed by atoms with van der Waals surface area (Å²) in [5.74, 6) is 3.25. The Kier molecular flexibility index (Phi) is 6.66. The van der Waals surface area contributed by atoms with E-state index in [1.165, 1.54) is 0 Å². The number of hydrogen-bond donors (Lipinski definition) is 0. The molecule has 2 aliphatic rings. The second kappa shape index (κ2) is 10.0. The third kappa shape index (κ3) is 5.14. The second-order valence-corrected chi connectivity index (χ2v) is 10.1. The number of rotatable bonds is 8. The molecule has 0 unspecified atom stereocenters. The van der Waals surface area contributed by atoms with Gasteiger partial charge in [-0.15, -0.1) is 10.2 Å². The molecule has 0 saturated heterocycles. The van der Waals surface area contributed by atoms with E-state index in [1.807, 2.05) is 48.5 Å². The fourth-order valence-electron chi connectivity index (χ4n) is 4.61. The molecule has 2 aromatic carbocycles. The Morgan fingerprint density at radius 3 is 1.46 bits per heavy atom. The summed E-state index contributed by atoms with van der Waals surface area (Å²) in [6, 6.07) is 16.1. The van der Waals surface area contributed by atoms with Crippen LogP contribution in [0.15, 0.2) is 62.9 Å². The van der Waals surface area contributed by atoms with Gasteiger partial charge in [0, 0.05) is 11.1 Å². The fraction of sp³-hybridized carbons (Fsp3) is 0.429. The lowest BCUT2D eigenvalue weighted by Gasteiger charge is -2.07. The van der Waals surface area contributed by atoms with Gasteiger partial charge in [0.1, 0.15) is 13.2 Å². The highest BCUT2D eigenvalue weighted by Crippen LogP contribution is 2.31. The molecule has 1 aromatic heterocycles. The highest BCUT2D eigenvalue weighted by molar-refractivity contribution is 6.01. The lowest BCUT2D eigenvalue weighted by atomic mass is 10.1. The smallest absolute Gasteiger partial charge is 0.248 e. The maximum atomic E-state index is 6.20. The van der Waals surface area contributed by atoms with E-state index in [1.54, 1.807) is 0 Å². The normalized spacial score (nSPS) is 19.6. The van der Waals surface area contributed by atoms with Crippen LogP contribution in [-0.4, -0.2) is 47.3 Å². The van der Waals surface area contributed by atoms with Crippen molar-refractivity contribution in [3.8, 4) is 22.9 Å². The minimum atomic E-state index is 0.176. The van der Waals surface area contributed by atoms with E-state index in [9.17, 15) is 0 Å². The van der Waals surface area contributed by atoms with E-state index in [4.69, 9.17) is 23.9 Å². The Balaban J connectivity index is 1.44. The molecule has 3 heterocycles. The van der Waals surface area contributed by atoms with Gasteiger partial charge in [0.25, 0.3) is 0 Å². The lowest BCUT2D eigenvalue weighted by molar-refractivity contribution is 0.301. The number of ether oxygens (including phenoxy) is 2. The SMILES string of the molecule is CC(C)C[C@H]1COC(c2ccccc2-c2nnc(-c3ccccc3C3=N[C@@H](CC(C)C)CO3)o2)=N1. The van der Waals surface area contributed by atoms with Gasteiger partial charge in [-0.1, -0.05) is 52.0 Å². The van der Waals surface area contributed by atoms with Gasteiger partial charge in [0.2, 0.25) is 23.6 Å². The van der Waals surface area contributed by atoms with Crippen molar-refractivity contribution in [1.29, 1.82) is 0 Å². The molecule has 0 spiro atoms. The number of nitrogens with zero attached hydrogens (tertiary/aromatic N) is 4. The molecule has 0 N–H and O–H groups in total. The van der Waals surface area contributed by atoms with Crippen molar-refractivity contribution in [2.24, 2.45) is 21.8 Å². The van der Waals surface area contributed by atoms with E-state index in [0.717, 1.165) is 35.1 Å². The van der Waals surface area contributed by atoms with Crippen LogP contribution >= 0.6 is 0 Å². The van der Waals surface area contributed by atoms with Gasteiger partial charge in [0.15, 0.2) is 0 Å². The number of benzene rings is 2. The molecule has 35 heavy (non-hydrogen) atoms. The first-order valence-electron chi connectivity index (χ1n) is 12.4. The Bertz CT molecular complexity index is 1150. The van der Waals surface area contributed by atoms with Crippen LogP contribution in [0.4, 0.5) is 0 Å². The molecule has 0 bridgehead atoms. The minimum absolute atomic E-state index is 0.176. The van der Waals surface area contributed by atoms with E-state index >= 15 is 0 Å². The zero-order valence-electron chi connectivity index (χ0n) is 20.8. The number of aliphatic imine (C=N–C) groups is 2. The van der Waals surface area contributed by atoms with Crippen LogP contribution < -0.4 is 0 Å². The second-order valence-electron chi connectivity index (χ2n) is 10.1. The van der Waals surface area contributed by atoms with Crippen LogP contribution in [0.5, 0.6) is 0 Å². The van der Waals surface area contributed by atoms with Crippen molar-refractivity contribution < 1.29 is 13.9 Å². The van der Waals surface area contributed by atoms with Crippen molar-refractivity contribution in [3.63, 3.8) is 0 Å². The predicted octanol–water partition coefficient (Wildman–Crippen LogP) is 5.79. The molecule has 182 valence electrons. The summed E-state index contributed by atoms with van der Waals surface area (Å²) in [5.41, 5.74) is 3.34. The highest BCUT2D eigenvalue weighted by Gasteiger charge is 2.27. The van der Waals surface area contributed by atoms with E-state index in [2.05, 4.69) is 37.9 Å². The molecule has 7 heteroatoms. The maximum absolute atomic E-state index is 6.20. The molecule has 5 rings (SSSR count). The monoisotopic (exact) mass is 472 g/mol. The predicted molar refractivity (Wildman–Crippen MR) is 137 cm³/mol. The average Bonchev–Trinajstić information content (AvgIpc) is 3.60. The average molecular weight is 473 g/mol. The van der Waals surface area contributed by atoms with Crippen LogP contribution in [0, 0.1) is 11.8 Å². The molecule has 3 aromatic rings. The summed E-state index contributed by atoms with van der Waals surface area (Å²) in [6.07, 6.45) is 1.99. The number of aromatic nitrogens is 2. The first kappa shape index (κ1) is 23.3. The standard InChI is InChI=1S/C28H32N4O3/c1-17(2)13-19-15-33-25(29-19)21-9-5-7-11-23(21)27-31-32-28(35-27)24-12-8-6-10-22(24)26-30-20(16-34-26)14-18(3)4/h5-12,17-20H,13-16H2,1-4H3/t19-,20-/m0/s1. The van der Waals surface area contributed by atoms with Gasteiger partial charge < -0.3 is 13.9 Å². The van der Waals surface area contributed by atoms with Crippen molar-refractivity contribution in [2.75, 3.05) is 13.2 Å². The first-order valence-corrected chi connectivity index (χ1v) is 12.4. The number of hydrogen-bond acceptors (Lipinski definition) is 7. The van der Waals surface area contributed by atoms with E-state index < -0.39 is 0 Å². The van der Waals surface area contributed by atoms with Gasteiger partial charge in [-0.25, -0.2) is 9.98 Å². The Hall–Kier alpha value is -3.48. The largest absolute Gasteiger partial charge is 0.475 e. The quantitative estimate of drug-likeness (QED) is 0.415. The van der Waals surface area contributed by atoms with Crippen molar-refractivity contribution in [1.82, 2.24) is 10.2 Å². The molecule has 2 aliphatic heterocycles. The lowest BCUT2D eigenvalue weighted by Crippen LogP contribution is -2.09. The minimum Gasteiger partial charge on any atom is -0.475 e. The summed E-state index contributed by atoms with van der Waals surface area (Å²) >= 11 is 0. The molecule has 0 saturated carbocycles. The first-order chi connectivity index (χ1) is 17.0. The van der Waals surface area contributed by atoms with Crippen LogP contribution in [0.2, 0.25) is 0 Å². The van der Waals surface area contributed by atoms with Crippen molar-refractivity contribution in [2.45, 2.75) is 52.6 Å². The van der Waals surface area contributed by atoms with Crippen LogP contribution in [0.25, 0.3) is 22.9 Å². The Labute approximate surface area is 206 Å². The summed E-state index contributed by atoms with van der Waals surface area (Å²) in [6.45, 7) is 10.0. The van der Waals surface area contributed by atoms with E-state index in [-0.39, 0.29) is 12.1 Å². The third-order valence-electron chi connectivity index (χ3n) is 6.11. The molecule has 2 atom stereocenters. The van der Waals surface area contributed by atoms with Gasteiger partial charge in [-0.2, -0.15) is 0 Å². The Morgan fingerprint density at radius 2 is 1.06 bits per heavy atom.